The summed E-state index contributed by atoms with van der Waals surface area (Å²) in [6.45, 7) is 4.77. The number of fused-ring (bicyclic) bond motifs is 2. The van der Waals surface area contributed by atoms with Gasteiger partial charge in [-0.2, -0.15) is 8.42 Å². The van der Waals surface area contributed by atoms with Crippen molar-refractivity contribution in [1.82, 2.24) is 4.57 Å². The molecule has 7 heteroatoms. The number of amidine groups is 1. The minimum Gasteiger partial charge on any atom is -0.338 e. The lowest BCUT2D eigenvalue weighted by Gasteiger charge is -2.19. The van der Waals surface area contributed by atoms with Gasteiger partial charge in [-0.15, -0.1) is 4.40 Å². The second-order valence-electron chi connectivity index (χ2n) is 7.29. The van der Waals surface area contributed by atoms with E-state index in [9.17, 15) is 13.2 Å². The number of para-hydroxylation sites is 2. The van der Waals surface area contributed by atoms with Gasteiger partial charge in [-0.1, -0.05) is 44.2 Å². The number of sulfonamides is 1. The van der Waals surface area contributed by atoms with Gasteiger partial charge >= 0.3 is 0 Å². The Bertz CT molecular complexity index is 1260. The molecule has 144 valence electrons. The zero-order chi connectivity index (χ0) is 19.9. The molecule has 0 atom stereocenters. The summed E-state index contributed by atoms with van der Waals surface area (Å²) in [6, 6.07) is 15.9. The molecule has 0 radical (unpaired) electrons. The summed E-state index contributed by atoms with van der Waals surface area (Å²) in [6.07, 6.45) is 0.842. The van der Waals surface area contributed by atoms with Crippen LogP contribution in [0.2, 0.25) is 0 Å². The fourth-order valence-corrected chi connectivity index (χ4v) is 4.47. The van der Waals surface area contributed by atoms with Crippen LogP contribution in [0.25, 0.3) is 10.9 Å². The van der Waals surface area contributed by atoms with Gasteiger partial charge < -0.3 is 9.88 Å². The number of rotatable bonds is 4. The lowest BCUT2D eigenvalue weighted by molar-refractivity contribution is 0.516. The molecule has 0 amide bonds. The first-order valence-corrected chi connectivity index (χ1v) is 10.6. The van der Waals surface area contributed by atoms with Gasteiger partial charge in [-0.3, -0.25) is 4.79 Å². The van der Waals surface area contributed by atoms with Gasteiger partial charge in [-0.25, -0.2) is 0 Å². The maximum atomic E-state index is 13.3. The van der Waals surface area contributed by atoms with Crippen molar-refractivity contribution in [2.75, 3.05) is 5.32 Å². The van der Waals surface area contributed by atoms with Crippen LogP contribution in [0.1, 0.15) is 25.8 Å². The highest BCUT2D eigenvalue weighted by atomic mass is 32.2. The Kier molecular flexibility index (Phi) is 4.55. The molecular weight excluding hydrogens is 374 g/mol. The molecular formula is C21H21N3O3S. The van der Waals surface area contributed by atoms with Gasteiger partial charge in [0.15, 0.2) is 5.84 Å². The fourth-order valence-electron chi connectivity index (χ4n) is 3.34. The minimum atomic E-state index is -3.87. The second-order valence-corrected chi connectivity index (χ2v) is 8.86. The van der Waals surface area contributed by atoms with Crippen molar-refractivity contribution in [3.8, 4) is 0 Å². The summed E-state index contributed by atoms with van der Waals surface area (Å²) in [7, 11) is -3.87. The van der Waals surface area contributed by atoms with Crippen LogP contribution in [-0.4, -0.2) is 18.8 Å². The maximum absolute atomic E-state index is 13.3. The number of pyridine rings is 1. The molecule has 0 aliphatic carbocycles. The average Bonchev–Trinajstić information content (AvgIpc) is 2.66. The Hall–Kier alpha value is -2.93. The third kappa shape index (κ3) is 3.22. The van der Waals surface area contributed by atoms with E-state index >= 15 is 0 Å². The summed E-state index contributed by atoms with van der Waals surface area (Å²) in [5.41, 5.74) is 1.26. The summed E-state index contributed by atoms with van der Waals surface area (Å²) >= 11 is 0. The highest BCUT2D eigenvalue weighted by molar-refractivity contribution is 7.90. The Morgan fingerprint density at radius 2 is 1.79 bits per heavy atom. The van der Waals surface area contributed by atoms with E-state index in [0.29, 0.717) is 18.2 Å². The molecule has 6 nitrogen and oxygen atoms in total. The van der Waals surface area contributed by atoms with Crippen molar-refractivity contribution >= 4 is 32.4 Å². The monoisotopic (exact) mass is 395 g/mol. The van der Waals surface area contributed by atoms with E-state index in [1.54, 1.807) is 28.8 Å². The number of benzene rings is 2. The van der Waals surface area contributed by atoms with Crippen LogP contribution in [0.5, 0.6) is 0 Å². The van der Waals surface area contributed by atoms with Crippen molar-refractivity contribution in [3.05, 3.63) is 70.5 Å². The van der Waals surface area contributed by atoms with E-state index < -0.39 is 10.0 Å². The third-order valence-electron chi connectivity index (χ3n) is 4.82. The van der Waals surface area contributed by atoms with E-state index in [-0.39, 0.29) is 21.9 Å². The fraction of sp³-hybridized carbons (Fsp3) is 0.238. The Labute approximate surface area is 163 Å². The van der Waals surface area contributed by atoms with E-state index in [0.717, 1.165) is 17.3 Å². The average molecular weight is 395 g/mol. The molecule has 3 aromatic rings. The van der Waals surface area contributed by atoms with Crippen molar-refractivity contribution in [2.24, 2.45) is 10.3 Å². The first-order valence-electron chi connectivity index (χ1n) is 9.21. The van der Waals surface area contributed by atoms with E-state index in [1.165, 1.54) is 6.07 Å². The Balaban J connectivity index is 1.92. The highest BCUT2D eigenvalue weighted by Crippen LogP contribution is 2.28. The largest absolute Gasteiger partial charge is 0.338 e. The molecule has 28 heavy (non-hydrogen) atoms. The molecule has 0 spiro atoms. The number of hydrogen-bond acceptors (Lipinski definition) is 4. The van der Waals surface area contributed by atoms with Crippen molar-refractivity contribution < 1.29 is 8.42 Å². The SMILES string of the molecule is CC(C)CCn1c(=O)c(C2=NS(=O)(=O)c3ccccc3N2)cc2ccccc21. The number of nitrogens with one attached hydrogen (secondary N) is 1. The molecule has 0 unspecified atom stereocenters. The van der Waals surface area contributed by atoms with Crippen molar-refractivity contribution in [2.45, 2.75) is 31.7 Å². The van der Waals surface area contributed by atoms with Crippen LogP contribution in [0.15, 0.2) is 68.7 Å². The predicted octanol–water partition coefficient (Wildman–Crippen LogP) is 3.61. The van der Waals surface area contributed by atoms with Gasteiger partial charge in [0.25, 0.3) is 15.6 Å². The van der Waals surface area contributed by atoms with Crippen LogP contribution >= 0.6 is 0 Å². The van der Waals surface area contributed by atoms with Crippen molar-refractivity contribution in [3.63, 3.8) is 0 Å². The van der Waals surface area contributed by atoms with Gasteiger partial charge in [0.1, 0.15) is 4.90 Å². The molecule has 0 saturated carbocycles. The Morgan fingerprint density at radius 3 is 2.57 bits per heavy atom. The lowest BCUT2D eigenvalue weighted by Crippen LogP contribution is -2.32. The molecule has 0 fully saturated rings. The molecule has 0 bridgehead atoms. The zero-order valence-electron chi connectivity index (χ0n) is 15.7. The number of aryl methyl sites for hydroxylation is 1. The summed E-state index contributed by atoms with van der Waals surface area (Å²) in [4.78, 5) is 13.4. The first kappa shape index (κ1) is 18.4. The van der Waals surface area contributed by atoms with Gasteiger partial charge in [-0.05, 0) is 42.0 Å². The van der Waals surface area contributed by atoms with Crippen LogP contribution in [0.4, 0.5) is 5.69 Å². The number of nitrogens with zero attached hydrogens (tertiary/aromatic N) is 2. The highest BCUT2D eigenvalue weighted by Gasteiger charge is 2.27. The molecule has 2 aromatic carbocycles. The smallest absolute Gasteiger partial charge is 0.286 e. The maximum Gasteiger partial charge on any atom is 0.286 e. The molecule has 4 rings (SSSR count). The minimum absolute atomic E-state index is 0.0627. The molecule has 1 aromatic heterocycles. The summed E-state index contributed by atoms with van der Waals surface area (Å²) < 4.78 is 30.8. The molecule has 1 N–H and O–H groups in total. The lowest BCUT2D eigenvalue weighted by atomic mass is 10.1. The molecule has 1 aliphatic heterocycles. The summed E-state index contributed by atoms with van der Waals surface area (Å²) in [5, 5.41) is 3.89. The van der Waals surface area contributed by atoms with E-state index in [4.69, 9.17) is 0 Å². The van der Waals surface area contributed by atoms with Gasteiger partial charge in [0.05, 0.1) is 16.8 Å². The van der Waals surface area contributed by atoms with Crippen molar-refractivity contribution in [1.29, 1.82) is 0 Å². The zero-order valence-corrected chi connectivity index (χ0v) is 16.5. The van der Waals surface area contributed by atoms with Gasteiger partial charge in [0, 0.05) is 6.54 Å². The van der Waals surface area contributed by atoms with Gasteiger partial charge in [0.2, 0.25) is 0 Å². The molecule has 2 heterocycles. The quantitative estimate of drug-likeness (QED) is 0.732. The molecule has 1 aliphatic rings. The number of anilines is 1. The Morgan fingerprint density at radius 1 is 1.07 bits per heavy atom. The summed E-state index contributed by atoms with van der Waals surface area (Å²) in [5.74, 6) is 0.500. The topological polar surface area (TPSA) is 80.5 Å². The van der Waals surface area contributed by atoms with Crippen LogP contribution in [-0.2, 0) is 16.6 Å². The normalized spacial score (nSPS) is 15.2. The number of hydrogen-bond donors (Lipinski definition) is 1. The number of aromatic nitrogens is 1. The first-order chi connectivity index (χ1) is 13.4. The third-order valence-corrected chi connectivity index (χ3v) is 6.15. The van der Waals surface area contributed by atoms with Crippen LogP contribution < -0.4 is 10.9 Å². The van der Waals surface area contributed by atoms with Crippen LogP contribution in [0.3, 0.4) is 0 Å². The van der Waals surface area contributed by atoms with Crippen LogP contribution in [0, 0.1) is 5.92 Å². The second kappa shape index (κ2) is 6.91. The predicted molar refractivity (Wildman–Crippen MR) is 111 cm³/mol. The standard InChI is InChI=1S/C21H21N3O3S/c1-14(2)11-12-24-18-9-5-3-7-15(18)13-16(21(24)25)20-22-17-8-4-6-10-19(17)28(26,27)23-20/h3-10,13-14H,11-12H2,1-2H3,(H,22,23). The molecule has 0 saturated heterocycles. The van der Waals surface area contributed by atoms with E-state index in [2.05, 4.69) is 23.6 Å². The van der Waals surface area contributed by atoms with E-state index in [1.807, 2.05) is 24.3 Å².